The molecule has 0 radical (unpaired) electrons. The molecule has 0 saturated carbocycles. The molecule has 0 aromatic heterocycles. The summed E-state index contributed by atoms with van der Waals surface area (Å²) in [4.78, 5) is 38.2. The third kappa shape index (κ3) is 3.36. The molecule has 0 aliphatic carbocycles. The number of carboxylic acids is 1. The van der Waals surface area contributed by atoms with Crippen LogP contribution in [0.3, 0.4) is 0 Å². The minimum atomic E-state index is -1.80. The zero-order valence-corrected chi connectivity index (χ0v) is 14.1. The van der Waals surface area contributed by atoms with Crippen LogP contribution in [0.4, 0.5) is 0 Å². The summed E-state index contributed by atoms with van der Waals surface area (Å²) in [6, 6.07) is 15.3. The van der Waals surface area contributed by atoms with Crippen LogP contribution in [-0.2, 0) is 4.79 Å². The Labute approximate surface area is 150 Å². The summed E-state index contributed by atoms with van der Waals surface area (Å²) in [6.07, 6.45) is -0.0776. The van der Waals surface area contributed by atoms with E-state index in [1.165, 1.54) is 4.90 Å². The number of carbonyl (C=O) groups is 3. The molecule has 0 spiro atoms. The SMILES string of the molecule is O=C(c1ccccc1)c1ccccc1C(=O)N1CCC(O)(C(=O)O)CC1. The van der Waals surface area contributed by atoms with E-state index in [1.807, 2.05) is 6.07 Å². The van der Waals surface area contributed by atoms with Crippen LogP contribution < -0.4 is 0 Å². The number of carbonyl (C=O) groups excluding carboxylic acids is 2. The molecule has 1 fully saturated rings. The van der Waals surface area contributed by atoms with Crippen molar-refractivity contribution < 1.29 is 24.6 Å². The molecule has 0 atom stereocenters. The van der Waals surface area contributed by atoms with Crippen molar-refractivity contribution in [3.63, 3.8) is 0 Å². The molecule has 2 aromatic carbocycles. The highest BCUT2D eigenvalue weighted by atomic mass is 16.4. The van der Waals surface area contributed by atoms with Crippen molar-refractivity contribution in [2.75, 3.05) is 13.1 Å². The number of hydrogen-bond donors (Lipinski definition) is 2. The lowest BCUT2D eigenvalue weighted by Gasteiger charge is -2.35. The van der Waals surface area contributed by atoms with Gasteiger partial charge in [-0.2, -0.15) is 0 Å². The lowest BCUT2D eigenvalue weighted by Crippen LogP contribution is -2.51. The van der Waals surface area contributed by atoms with E-state index >= 15 is 0 Å². The van der Waals surface area contributed by atoms with Crippen molar-refractivity contribution >= 4 is 17.7 Å². The molecule has 0 unspecified atom stereocenters. The fraction of sp³-hybridized carbons (Fsp3) is 0.250. The molecule has 1 amide bonds. The third-order valence-corrected chi connectivity index (χ3v) is 4.71. The molecule has 1 heterocycles. The second kappa shape index (κ2) is 7.09. The smallest absolute Gasteiger partial charge is 0.335 e. The summed E-state index contributed by atoms with van der Waals surface area (Å²) in [7, 11) is 0. The van der Waals surface area contributed by atoms with Gasteiger partial charge in [-0.05, 0) is 6.07 Å². The average molecular weight is 353 g/mol. The van der Waals surface area contributed by atoms with Gasteiger partial charge in [0.1, 0.15) is 0 Å². The van der Waals surface area contributed by atoms with E-state index in [0.717, 1.165) is 0 Å². The molecule has 1 aliphatic rings. The first-order chi connectivity index (χ1) is 12.4. The molecule has 26 heavy (non-hydrogen) atoms. The van der Waals surface area contributed by atoms with E-state index in [4.69, 9.17) is 5.11 Å². The van der Waals surface area contributed by atoms with Crippen molar-refractivity contribution in [1.82, 2.24) is 4.90 Å². The van der Waals surface area contributed by atoms with Gasteiger partial charge in [-0.25, -0.2) is 4.79 Å². The van der Waals surface area contributed by atoms with Crippen LogP contribution in [0.15, 0.2) is 54.6 Å². The molecule has 0 bridgehead atoms. The van der Waals surface area contributed by atoms with E-state index in [2.05, 4.69) is 0 Å². The van der Waals surface area contributed by atoms with Crippen molar-refractivity contribution in [3.05, 3.63) is 71.3 Å². The molecular formula is C20H19NO5. The number of likely N-dealkylation sites (tertiary alicyclic amines) is 1. The Morgan fingerprint density at radius 3 is 1.96 bits per heavy atom. The predicted octanol–water partition coefficient (Wildman–Crippen LogP) is 1.97. The lowest BCUT2D eigenvalue weighted by atomic mass is 9.90. The molecule has 3 rings (SSSR count). The maximum absolute atomic E-state index is 12.9. The highest BCUT2D eigenvalue weighted by Crippen LogP contribution is 2.25. The molecule has 6 heteroatoms. The van der Waals surface area contributed by atoms with Gasteiger partial charge in [0, 0.05) is 37.1 Å². The Morgan fingerprint density at radius 1 is 0.846 bits per heavy atom. The normalized spacial score (nSPS) is 16.1. The average Bonchev–Trinajstić information content (AvgIpc) is 2.68. The zero-order valence-electron chi connectivity index (χ0n) is 14.1. The Bertz CT molecular complexity index is 838. The molecule has 1 saturated heterocycles. The predicted molar refractivity (Wildman–Crippen MR) is 94.0 cm³/mol. The summed E-state index contributed by atoms with van der Waals surface area (Å²) in [5, 5.41) is 19.1. The van der Waals surface area contributed by atoms with E-state index in [9.17, 15) is 19.5 Å². The van der Waals surface area contributed by atoms with Crippen LogP contribution in [0.5, 0.6) is 0 Å². The van der Waals surface area contributed by atoms with Gasteiger partial charge in [-0.15, -0.1) is 0 Å². The highest BCUT2D eigenvalue weighted by Gasteiger charge is 2.40. The van der Waals surface area contributed by atoms with Crippen LogP contribution in [0.2, 0.25) is 0 Å². The standard InChI is InChI=1S/C20H19NO5/c22-17(14-6-2-1-3-7-14)15-8-4-5-9-16(15)18(23)21-12-10-20(26,11-13-21)19(24)25/h1-9,26H,10-13H2,(H,24,25). The summed E-state index contributed by atoms with van der Waals surface area (Å²) in [6.45, 7) is 0.241. The number of aliphatic carboxylic acids is 1. The monoisotopic (exact) mass is 353 g/mol. The van der Waals surface area contributed by atoms with Crippen molar-refractivity contribution in [2.24, 2.45) is 0 Å². The number of nitrogens with zero attached hydrogens (tertiary/aromatic N) is 1. The van der Waals surface area contributed by atoms with E-state index in [0.29, 0.717) is 11.1 Å². The quantitative estimate of drug-likeness (QED) is 0.820. The number of aliphatic hydroxyl groups is 1. The van der Waals surface area contributed by atoms with Gasteiger partial charge in [-0.1, -0.05) is 48.5 Å². The molecule has 6 nitrogen and oxygen atoms in total. The van der Waals surface area contributed by atoms with Crippen molar-refractivity contribution in [3.8, 4) is 0 Å². The van der Waals surface area contributed by atoms with Gasteiger partial charge in [0.15, 0.2) is 11.4 Å². The molecule has 2 N–H and O–H groups in total. The molecule has 2 aromatic rings. The van der Waals surface area contributed by atoms with Gasteiger partial charge in [0.05, 0.1) is 5.56 Å². The van der Waals surface area contributed by atoms with Gasteiger partial charge in [0.25, 0.3) is 5.91 Å². The maximum atomic E-state index is 12.9. The van der Waals surface area contributed by atoms with E-state index < -0.39 is 11.6 Å². The second-order valence-electron chi connectivity index (χ2n) is 6.37. The highest BCUT2D eigenvalue weighted by molar-refractivity contribution is 6.15. The Balaban J connectivity index is 1.83. The number of benzene rings is 2. The summed E-state index contributed by atoms with van der Waals surface area (Å²) < 4.78 is 0. The first-order valence-electron chi connectivity index (χ1n) is 8.36. The largest absolute Gasteiger partial charge is 0.479 e. The number of hydrogen-bond acceptors (Lipinski definition) is 4. The minimum absolute atomic E-state index is 0.0388. The van der Waals surface area contributed by atoms with Crippen LogP contribution in [0, 0.1) is 0 Å². The van der Waals surface area contributed by atoms with Crippen molar-refractivity contribution in [2.45, 2.75) is 18.4 Å². The number of piperidine rings is 1. The van der Waals surface area contributed by atoms with E-state index in [-0.39, 0.29) is 43.2 Å². The lowest BCUT2D eigenvalue weighted by molar-refractivity contribution is -0.162. The molecule has 1 aliphatic heterocycles. The van der Waals surface area contributed by atoms with Crippen LogP contribution in [-0.4, -0.2) is 51.5 Å². The Hall–Kier alpha value is -2.99. The summed E-state index contributed by atoms with van der Waals surface area (Å²) in [5.74, 6) is -1.85. The van der Waals surface area contributed by atoms with Crippen LogP contribution >= 0.6 is 0 Å². The fourth-order valence-electron chi connectivity index (χ4n) is 3.08. The van der Waals surface area contributed by atoms with E-state index in [1.54, 1.807) is 48.5 Å². The van der Waals surface area contributed by atoms with Gasteiger partial charge >= 0.3 is 5.97 Å². The molecule has 134 valence electrons. The topological polar surface area (TPSA) is 94.9 Å². The first-order valence-corrected chi connectivity index (χ1v) is 8.36. The second-order valence-corrected chi connectivity index (χ2v) is 6.37. The maximum Gasteiger partial charge on any atom is 0.335 e. The van der Waals surface area contributed by atoms with Crippen molar-refractivity contribution in [1.29, 1.82) is 0 Å². The Morgan fingerprint density at radius 2 is 1.38 bits per heavy atom. The number of rotatable bonds is 4. The van der Waals surface area contributed by atoms with Crippen LogP contribution in [0.1, 0.15) is 39.1 Å². The fourth-order valence-corrected chi connectivity index (χ4v) is 3.08. The third-order valence-electron chi connectivity index (χ3n) is 4.71. The van der Waals surface area contributed by atoms with Gasteiger partial charge < -0.3 is 15.1 Å². The zero-order chi connectivity index (χ0) is 18.7. The van der Waals surface area contributed by atoms with Gasteiger partial charge in [0.2, 0.25) is 0 Å². The minimum Gasteiger partial charge on any atom is -0.479 e. The van der Waals surface area contributed by atoms with Gasteiger partial charge in [-0.3, -0.25) is 9.59 Å². The number of ketones is 1. The first kappa shape index (κ1) is 17.8. The number of carboxylic acid groups (broad SMARTS) is 1. The molecular weight excluding hydrogens is 334 g/mol. The Kier molecular flexibility index (Phi) is 4.86. The summed E-state index contributed by atoms with van der Waals surface area (Å²) >= 11 is 0. The number of amides is 1. The van der Waals surface area contributed by atoms with Crippen LogP contribution in [0.25, 0.3) is 0 Å². The summed E-state index contributed by atoms with van der Waals surface area (Å²) in [5.41, 5.74) is -0.715.